The fraction of sp³-hybridized carbons (Fsp3) is 0.273. The minimum Gasteiger partial charge on any atom is -0.486 e. The lowest BCUT2D eigenvalue weighted by Crippen LogP contribution is -2.17. The van der Waals surface area contributed by atoms with Crippen LogP contribution in [-0.4, -0.2) is 37.9 Å². The molecular formula is C22H22N2O5S2. The number of benzene rings is 2. The Morgan fingerprint density at radius 2 is 1.87 bits per heavy atom. The Kier molecular flexibility index (Phi) is 6.24. The zero-order chi connectivity index (χ0) is 21.8. The SMILES string of the molecule is C=CCn1c(=NC(=O)CCCS(=O)(=O)c2ccccc2)sc2cc3c(cc21)OCCO3. The standard InChI is InChI=1S/C22H22N2O5S2/c1-2-10-24-17-14-18-19(29-12-11-28-18)15-20(17)30-22(24)23-21(25)9-6-13-31(26,27)16-7-4-3-5-8-16/h2-5,7-8,14-15H,1,6,9-13H2. The summed E-state index contributed by atoms with van der Waals surface area (Å²) in [5.41, 5.74) is 0.882. The van der Waals surface area contributed by atoms with Gasteiger partial charge in [-0.05, 0) is 18.6 Å². The molecule has 0 saturated carbocycles. The third-order valence-corrected chi connectivity index (χ3v) is 7.64. The van der Waals surface area contributed by atoms with E-state index in [1.165, 1.54) is 11.3 Å². The Morgan fingerprint density at radius 3 is 2.58 bits per heavy atom. The van der Waals surface area contributed by atoms with E-state index >= 15 is 0 Å². The molecule has 0 saturated heterocycles. The topological polar surface area (TPSA) is 87.0 Å². The molecule has 2 aromatic carbocycles. The van der Waals surface area contributed by atoms with Crippen molar-refractivity contribution in [1.29, 1.82) is 0 Å². The predicted octanol–water partition coefficient (Wildman–Crippen LogP) is 3.34. The highest BCUT2D eigenvalue weighted by molar-refractivity contribution is 7.91. The Hall–Kier alpha value is -2.91. The maximum Gasteiger partial charge on any atom is 0.248 e. The van der Waals surface area contributed by atoms with E-state index in [0.717, 1.165) is 10.2 Å². The van der Waals surface area contributed by atoms with Crippen molar-refractivity contribution in [3.8, 4) is 11.5 Å². The van der Waals surface area contributed by atoms with Gasteiger partial charge < -0.3 is 14.0 Å². The first kappa shape index (κ1) is 21.3. The summed E-state index contributed by atoms with van der Waals surface area (Å²) in [5.74, 6) is 0.886. The minimum absolute atomic E-state index is 0.0527. The molecule has 0 atom stereocenters. The van der Waals surface area contributed by atoms with E-state index < -0.39 is 9.84 Å². The van der Waals surface area contributed by atoms with E-state index in [9.17, 15) is 13.2 Å². The van der Waals surface area contributed by atoms with Gasteiger partial charge in [-0.1, -0.05) is 35.6 Å². The third kappa shape index (κ3) is 4.72. The summed E-state index contributed by atoms with van der Waals surface area (Å²) in [7, 11) is -3.41. The van der Waals surface area contributed by atoms with Crippen molar-refractivity contribution < 1.29 is 22.7 Å². The molecule has 1 aromatic heterocycles. The van der Waals surface area contributed by atoms with Gasteiger partial charge in [0.1, 0.15) is 13.2 Å². The van der Waals surface area contributed by atoms with E-state index in [1.54, 1.807) is 36.4 Å². The smallest absolute Gasteiger partial charge is 0.248 e. The Labute approximate surface area is 184 Å². The number of ether oxygens (including phenoxy) is 2. The van der Waals surface area contributed by atoms with Crippen LogP contribution in [0.25, 0.3) is 10.2 Å². The lowest BCUT2D eigenvalue weighted by molar-refractivity contribution is -0.118. The predicted molar refractivity (Wildman–Crippen MR) is 119 cm³/mol. The molecular weight excluding hydrogens is 436 g/mol. The highest BCUT2D eigenvalue weighted by Gasteiger charge is 2.17. The highest BCUT2D eigenvalue weighted by Crippen LogP contribution is 2.35. The first-order valence-electron chi connectivity index (χ1n) is 9.87. The van der Waals surface area contributed by atoms with Crippen molar-refractivity contribution in [1.82, 2.24) is 4.57 Å². The van der Waals surface area contributed by atoms with Crippen molar-refractivity contribution >= 4 is 37.3 Å². The summed E-state index contributed by atoms with van der Waals surface area (Å²) in [6, 6.07) is 12.0. The molecule has 0 unspecified atom stereocenters. The van der Waals surface area contributed by atoms with Crippen LogP contribution in [0.4, 0.5) is 0 Å². The quantitative estimate of drug-likeness (QED) is 0.507. The average Bonchev–Trinajstić information content (AvgIpc) is 3.08. The number of rotatable bonds is 7. The van der Waals surface area contributed by atoms with Crippen molar-refractivity contribution in [2.45, 2.75) is 24.3 Å². The number of hydrogen-bond donors (Lipinski definition) is 0. The monoisotopic (exact) mass is 458 g/mol. The summed E-state index contributed by atoms with van der Waals surface area (Å²) >= 11 is 1.37. The molecule has 9 heteroatoms. The number of hydrogen-bond acceptors (Lipinski definition) is 6. The molecule has 1 aliphatic heterocycles. The van der Waals surface area contributed by atoms with Gasteiger partial charge in [-0.25, -0.2) is 8.42 Å². The molecule has 0 radical (unpaired) electrons. The number of sulfone groups is 1. The van der Waals surface area contributed by atoms with E-state index in [-0.39, 0.29) is 29.4 Å². The molecule has 0 aliphatic carbocycles. The molecule has 2 heterocycles. The molecule has 31 heavy (non-hydrogen) atoms. The summed E-state index contributed by atoms with van der Waals surface area (Å²) in [5, 5.41) is 0. The van der Waals surface area contributed by atoms with Gasteiger partial charge in [-0.15, -0.1) is 6.58 Å². The van der Waals surface area contributed by atoms with Crippen molar-refractivity contribution in [3.05, 3.63) is 59.9 Å². The minimum atomic E-state index is -3.41. The van der Waals surface area contributed by atoms with Gasteiger partial charge in [-0.3, -0.25) is 4.79 Å². The number of nitrogens with zero attached hydrogens (tertiary/aromatic N) is 2. The summed E-state index contributed by atoms with van der Waals surface area (Å²) in [4.78, 5) is 17.5. The molecule has 162 valence electrons. The normalized spacial score (nSPS) is 14.0. The first-order valence-corrected chi connectivity index (χ1v) is 12.3. The van der Waals surface area contributed by atoms with Gasteiger partial charge in [0.2, 0.25) is 5.91 Å². The summed E-state index contributed by atoms with van der Waals surface area (Å²) < 4.78 is 38.9. The second-order valence-electron chi connectivity index (χ2n) is 6.99. The number of aromatic nitrogens is 1. The number of thiazole rings is 1. The molecule has 4 rings (SSSR count). The van der Waals surface area contributed by atoms with Crippen LogP contribution < -0.4 is 14.3 Å². The Balaban J connectivity index is 1.54. The number of amides is 1. The second kappa shape index (κ2) is 9.07. The van der Waals surface area contributed by atoms with Crippen LogP contribution in [0.5, 0.6) is 11.5 Å². The van der Waals surface area contributed by atoms with Crippen LogP contribution in [0.3, 0.4) is 0 Å². The second-order valence-corrected chi connectivity index (χ2v) is 10.1. The van der Waals surface area contributed by atoms with Crippen LogP contribution >= 0.6 is 11.3 Å². The van der Waals surface area contributed by atoms with Crippen molar-refractivity contribution in [3.63, 3.8) is 0 Å². The van der Waals surface area contributed by atoms with Gasteiger partial charge in [0.15, 0.2) is 26.1 Å². The van der Waals surface area contributed by atoms with Crippen LogP contribution in [-0.2, 0) is 21.2 Å². The number of carbonyl (C=O) groups excluding carboxylic acids is 1. The lowest BCUT2D eigenvalue weighted by Gasteiger charge is -2.18. The van der Waals surface area contributed by atoms with Gasteiger partial charge in [0, 0.05) is 25.1 Å². The molecule has 0 N–H and O–H groups in total. The third-order valence-electron chi connectivity index (χ3n) is 4.78. The zero-order valence-electron chi connectivity index (χ0n) is 16.8. The maximum absolute atomic E-state index is 12.5. The molecule has 0 bridgehead atoms. The van der Waals surface area contributed by atoms with Gasteiger partial charge in [0.05, 0.1) is 20.9 Å². The van der Waals surface area contributed by atoms with Crippen molar-refractivity contribution in [2.24, 2.45) is 4.99 Å². The zero-order valence-corrected chi connectivity index (χ0v) is 18.5. The Morgan fingerprint density at radius 1 is 1.16 bits per heavy atom. The number of fused-ring (bicyclic) bond motifs is 2. The van der Waals surface area contributed by atoms with Crippen LogP contribution in [0.15, 0.2) is 65.0 Å². The van der Waals surface area contributed by atoms with E-state index in [4.69, 9.17) is 9.47 Å². The number of allylic oxidation sites excluding steroid dienone is 1. The van der Waals surface area contributed by atoms with Gasteiger partial charge >= 0.3 is 0 Å². The molecule has 7 nitrogen and oxygen atoms in total. The molecule has 3 aromatic rings. The largest absolute Gasteiger partial charge is 0.486 e. The molecule has 1 amide bonds. The van der Waals surface area contributed by atoms with Crippen LogP contribution in [0, 0.1) is 0 Å². The fourth-order valence-electron chi connectivity index (χ4n) is 3.32. The lowest BCUT2D eigenvalue weighted by atomic mass is 10.2. The van der Waals surface area contributed by atoms with Crippen molar-refractivity contribution in [2.75, 3.05) is 19.0 Å². The number of carbonyl (C=O) groups is 1. The van der Waals surface area contributed by atoms with E-state index in [0.29, 0.717) is 36.1 Å². The fourth-order valence-corrected chi connectivity index (χ4v) is 5.72. The van der Waals surface area contributed by atoms with E-state index in [2.05, 4.69) is 11.6 Å². The van der Waals surface area contributed by atoms with Crippen LogP contribution in [0.2, 0.25) is 0 Å². The molecule has 0 spiro atoms. The first-order chi connectivity index (χ1) is 15.0. The van der Waals surface area contributed by atoms with Gasteiger partial charge in [0.25, 0.3) is 0 Å². The highest BCUT2D eigenvalue weighted by atomic mass is 32.2. The van der Waals surface area contributed by atoms with Crippen LogP contribution in [0.1, 0.15) is 12.8 Å². The average molecular weight is 459 g/mol. The van der Waals surface area contributed by atoms with Gasteiger partial charge in [-0.2, -0.15) is 4.99 Å². The molecule has 1 aliphatic rings. The Bertz CT molecular complexity index is 1290. The molecule has 0 fully saturated rings. The van der Waals surface area contributed by atoms with E-state index in [1.807, 2.05) is 16.7 Å². The summed E-state index contributed by atoms with van der Waals surface area (Å²) in [6.45, 7) is 5.26. The maximum atomic E-state index is 12.5. The summed E-state index contributed by atoms with van der Waals surface area (Å²) in [6.07, 6.45) is 2.00.